The van der Waals surface area contributed by atoms with E-state index in [9.17, 15) is 19.4 Å². The van der Waals surface area contributed by atoms with Gasteiger partial charge in [0.15, 0.2) is 0 Å². The second-order valence-corrected chi connectivity index (χ2v) is 20.7. The Labute approximate surface area is 424 Å². The minimum Gasteiger partial charge on any atom is -0.391 e. The normalized spacial score (nSPS) is 14.9. The number of phosphoric ester groups is 1. The third kappa shape index (κ3) is 52.6. The number of nitrogens with zero attached hydrogens (tertiary/aromatic N) is 1. The lowest BCUT2D eigenvalue weighted by molar-refractivity contribution is -0.870. The molecule has 0 aliphatic carbocycles. The molecule has 0 rings (SSSR count). The zero-order valence-corrected chi connectivity index (χ0v) is 45.6. The van der Waals surface area contributed by atoms with Crippen LogP contribution in [-0.4, -0.2) is 73.4 Å². The van der Waals surface area contributed by atoms with Gasteiger partial charge in [0.25, 0.3) is 0 Å². The van der Waals surface area contributed by atoms with E-state index in [0.29, 0.717) is 23.9 Å². The molecule has 1 amide bonds. The summed E-state index contributed by atoms with van der Waals surface area (Å²) in [6.07, 6.45) is 74.2. The largest absolute Gasteiger partial charge is 0.472 e. The van der Waals surface area contributed by atoms with Crippen molar-refractivity contribution in [3.63, 3.8) is 0 Å². The van der Waals surface area contributed by atoms with E-state index in [0.717, 1.165) is 109 Å². The number of amides is 1. The van der Waals surface area contributed by atoms with Crippen molar-refractivity contribution in [1.29, 1.82) is 0 Å². The lowest BCUT2D eigenvalue weighted by atomic mass is 10.0. The molecule has 0 radical (unpaired) electrons. The first kappa shape index (κ1) is 65.9. The number of allylic oxidation sites excluding steroid dienone is 20. The van der Waals surface area contributed by atoms with E-state index in [1.165, 1.54) is 64.2 Å². The highest BCUT2D eigenvalue weighted by Crippen LogP contribution is 2.43. The first-order valence-electron chi connectivity index (χ1n) is 27.4. The molecule has 0 aromatic carbocycles. The molecule has 0 aromatic heterocycles. The van der Waals surface area contributed by atoms with Gasteiger partial charge in [0, 0.05) is 6.42 Å². The van der Waals surface area contributed by atoms with Crippen LogP contribution >= 0.6 is 7.82 Å². The van der Waals surface area contributed by atoms with E-state index in [1.54, 1.807) is 0 Å². The van der Waals surface area contributed by atoms with E-state index >= 15 is 0 Å². The molecule has 0 aliphatic rings. The average Bonchev–Trinajstić information content (AvgIpc) is 3.31. The van der Waals surface area contributed by atoms with Gasteiger partial charge in [0.05, 0.1) is 39.9 Å². The lowest BCUT2D eigenvalue weighted by Crippen LogP contribution is -2.46. The zero-order valence-electron chi connectivity index (χ0n) is 44.8. The van der Waals surface area contributed by atoms with Crippen LogP contribution in [0.4, 0.5) is 0 Å². The van der Waals surface area contributed by atoms with Crippen LogP contribution in [0.1, 0.15) is 200 Å². The Morgan fingerprint density at radius 2 is 0.870 bits per heavy atom. The molecule has 0 spiro atoms. The van der Waals surface area contributed by atoms with Crippen molar-refractivity contribution < 1.29 is 32.9 Å². The van der Waals surface area contributed by atoms with Crippen molar-refractivity contribution in [2.75, 3.05) is 40.9 Å². The van der Waals surface area contributed by atoms with Crippen molar-refractivity contribution in [1.82, 2.24) is 5.32 Å². The maximum Gasteiger partial charge on any atom is 0.472 e. The molecular formula is C60H104N2O6P+. The number of carbonyl (C=O) groups is 1. The summed E-state index contributed by atoms with van der Waals surface area (Å²) in [7, 11) is 1.59. The molecule has 3 N–H and O–H groups in total. The van der Waals surface area contributed by atoms with Crippen LogP contribution in [0, 0.1) is 0 Å². The SMILES string of the molecule is CC/C=C\C/C=C\C/C=C\C/C=C\C/C=C\C/C=C\C/C=C\C/C=C\C/C=C\C/C=C\CCCCCCCCCCC(=O)NC(COP(=O)(O)OCC[N+](C)(C)C)C(O)CCCCCCCCCC. The Bertz CT molecular complexity index is 1530. The Morgan fingerprint density at radius 1 is 0.507 bits per heavy atom. The number of aliphatic hydroxyl groups excluding tert-OH is 1. The molecule has 3 unspecified atom stereocenters. The molecule has 394 valence electrons. The number of rotatable bonds is 48. The summed E-state index contributed by atoms with van der Waals surface area (Å²) in [6.45, 7) is 4.71. The van der Waals surface area contributed by atoms with Crippen molar-refractivity contribution in [3.8, 4) is 0 Å². The fraction of sp³-hybridized carbons (Fsp3) is 0.650. The van der Waals surface area contributed by atoms with Gasteiger partial charge in [-0.1, -0.05) is 225 Å². The summed E-state index contributed by atoms with van der Waals surface area (Å²) in [5.41, 5.74) is 0. The Balaban J connectivity index is 4.03. The van der Waals surface area contributed by atoms with Gasteiger partial charge in [-0.3, -0.25) is 13.8 Å². The van der Waals surface area contributed by atoms with Crippen molar-refractivity contribution in [3.05, 3.63) is 122 Å². The summed E-state index contributed by atoms with van der Waals surface area (Å²) in [5, 5.41) is 13.9. The van der Waals surface area contributed by atoms with Crippen LogP contribution in [0.25, 0.3) is 0 Å². The fourth-order valence-corrected chi connectivity index (χ4v) is 7.93. The summed E-state index contributed by atoms with van der Waals surface area (Å²) in [5.74, 6) is -0.162. The van der Waals surface area contributed by atoms with E-state index in [4.69, 9.17) is 9.05 Å². The number of hydrogen-bond donors (Lipinski definition) is 3. The van der Waals surface area contributed by atoms with Gasteiger partial charge in [-0.2, -0.15) is 0 Å². The summed E-state index contributed by atoms with van der Waals surface area (Å²) < 4.78 is 23.6. The van der Waals surface area contributed by atoms with E-state index in [1.807, 2.05) is 21.1 Å². The molecule has 0 heterocycles. The number of quaternary nitrogens is 1. The van der Waals surface area contributed by atoms with Crippen molar-refractivity contribution in [2.45, 2.75) is 212 Å². The predicted molar refractivity (Wildman–Crippen MR) is 299 cm³/mol. The maximum absolute atomic E-state index is 12.9. The minimum atomic E-state index is -4.32. The third-order valence-electron chi connectivity index (χ3n) is 11.5. The highest BCUT2D eigenvalue weighted by atomic mass is 31.2. The Morgan fingerprint density at radius 3 is 1.28 bits per heavy atom. The first-order chi connectivity index (χ1) is 33.5. The smallest absolute Gasteiger partial charge is 0.391 e. The van der Waals surface area contributed by atoms with Crippen LogP contribution in [0.15, 0.2) is 122 Å². The van der Waals surface area contributed by atoms with Gasteiger partial charge >= 0.3 is 7.82 Å². The highest BCUT2D eigenvalue weighted by Gasteiger charge is 2.28. The Hall–Kier alpha value is -3.10. The molecular weight excluding hydrogens is 876 g/mol. The average molecular weight is 980 g/mol. The zero-order chi connectivity index (χ0) is 50.6. The third-order valence-corrected chi connectivity index (χ3v) is 12.5. The number of likely N-dealkylation sites (N-methyl/N-ethyl adjacent to an activating group) is 1. The first-order valence-corrected chi connectivity index (χ1v) is 28.9. The molecule has 0 saturated carbocycles. The van der Waals surface area contributed by atoms with Crippen molar-refractivity contribution >= 4 is 13.7 Å². The van der Waals surface area contributed by atoms with Crippen LogP contribution in [0.3, 0.4) is 0 Å². The van der Waals surface area contributed by atoms with Crippen molar-refractivity contribution in [2.24, 2.45) is 0 Å². The number of nitrogens with one attached hydrogen (secondary N) is 1. The molecule has 0 aliphatic heterocycles. The minimum absolute atomic E-state index is 0.0667. The highest BCUT2D eigenvalue weighted by molar-refractivity contribution is 7.47. The molecule has 0 saturated heterocycles. The predicted octanol–water partition coefficient (Wildman–Crippen LogP) is 16.6. The number of hydrogen-bond acceptors (Lipinski definition) is 5. The van der Waals surface area contributed by atoms with Gasteiger partial charge in [-0.15, -0.1) is 0 Å². The standard InChI is InChI=1S/C60H103N2O6P/c1-6-8-10-12-14-16-17-18-19-20-21-22-23-24-25-26-27-28-29-30-31-32-33-34-35-36-37-38-39-40-41-42-43-44-45-46-48-50-52-54-60(64)61-58(57-68-69(65,66)67-56-55-62(3,4)5)59(63)53-51-49-47-15-13-11-9-7-2/h8,10,14,16,18-19,21-22,24-25,27-28,30-31,33-34,36-37,39-40,58-59,63H,6-7,9,11-13,15,17,20,23,26,29,32,35,38,41-57H2,1-5H3,(H-,61,64,65,66)/p+1/b10-8-,16-14-,19-18-,22-21-,25-24-,28-27-,31-30-,34-33-,37-36-,40-39-. The van der Waals surface area contributed by atoms with Gasteiger partial charge in [-0.25, -0.2) is 4.57 Å². The number of carbonyl (C=O) groups excluding carboxylic acids is 1. The molecule has 0 bridgehead atoms. The summed E-state index contributed by atoms with van der Waals surface area (Å²) >= 11 is 0. The molecule has 3 atom stereocenters. The van der Waals surface area contributed by atoms with Crippen LogP contribution in [-0.2, 0) is 18.4 Å². The second kappa shape index (κ2) is 49.9. The molecule has 9 heteroatoms. The van der Waals surface area contributed by atoms with Crippen LogP contribution in [0.5, 0.6) is 0 Å². The van der Waals surface area contributed by atoms with E-state index in [-0.39, 0.29) is 19.1 Å². The Kier molecular flexibility index (Phi) is 47.6. The van der Waals surface area contributed by atoms with Gasteiger partial charge in [0.1, 0.15) is 13.2 Å². The van der Waals surface area contributed by atoms with Gasteiger partial charge in [-0.05, 0) is 89.9 Å². The number of unbranched alkanes of at least 4 members (excludes halogenated alkanes) is 15. The molecule has 69 heavy (non-hydrogen) atoms. The van der Waals surface area contributed by atoms with Gasteiger partial charge < -0.3 is 19.8 Å². The monoisotopic (exact) mass is 980 g/mol. The fourth-order valence-electron chi connectivity index (χ4n) is 7.19. The number of phosphoric acid groups is 1. The maximum atomic E-state index is 12.9. The van der Waals surface area contributed by atoms with Crippen LogP contribution < -0.4 is 5.32 Å². The van der Waals surface area contributed by atoms with E-state index < -0.39 is 20.0 Å². The number of aliphatic hydroxyl groups is 1. The molecule has 0 aromatic rings. The molecule has 8 nitrogen and oxygen atoms in total. The topological polar surface area (TPSA) is 105 Å². The summed E-state index contributed by atoms with van der Waals surface area (Å²) in [6, 6.07) is -0.770. The van der Waals surface area contributed by atoms with Gasteiger partial charge in [0.2, 0.25) is 5.91 Å². The molecule has 0 fully saturated rings. The van der Waals surface area contributed by atoms with Crippen LogP contribution in [0.2, 0.25) is 0 Å². The van der Waals surface area contributed by atoms with E-state index in [2.05, 4.69) is 141 Å². The summed E-state index contributed by atoms with van der Waals surface area (Å²) in [4.78, 5) is 23.1. The second-order valence-electron chi connectivity index (χ2n) is 19.2. The quantitative estimate of drug-likeness (QED) is 0.0243. The lowest BCUT2D eigenvalue weighted by Gasteiger charge is -2.26.